The van der Waals surface area contributed by atoms with Crippen LogP contribution in [-0.2, 0) is 4.74 Å². The Morgan fingerprint density at radius 1 is 0.760 bits per heavy atom. The van der Waals surface area contributed by atoms with Gasteiger partial charge >= 0.3 is 0 Å². The normalized spacial score (nSPS) is 14.5. The molecule has 1 saturated heterocycles. The number of rotatable bonds is 0. The molecule has 0 amide bonds. The summed E-state index contributed by atoms with van der Waals surface area (Å²) in [5, 5.41) is 0. The highest BCUT2D eigenvalue weighted by Gasteiger charge is 2.28. The fourth-order valence-corrected chi connectivity index (χ4v) is 4.47. The Morgan fingerprint density at radius 2 is 1.32 bits per heavy atom. The van der Waals surface area contributed by atoms with Crippen molar-refractivity contribution in [2.45, 2.75) is 54.4 Å². The van der Waals surface area contributed by atoms with Crippen LogP contribution in [0.4, 0.5) is 0 Å². The second kappa shape index (κ2) is 7.29. The van der Waals surface area contributed by atoms with Crippen molar-refractivity contribution in [2.75, 3.05) is 13.2 Å². The van der Waals surface area contributed by atoms with Gasteiger partial charge in [-0.25, -0.2) is 0 Å². The molecule has 1 fully saturated rings. The molecular weight excluding hydrogens is 371 g/mol. The largest absolute Gasteiger partial charge is 0.381 e. The predicted octanol–water partition coefficient (Wildman–Crippen LogP) is 4.73. The third-order valence-electron chi connectivity index (χ3n) is 5.87. The highest BCUT2D eigenvalue weighted by Crippen LogP contribution is 2.34. The van der Waals surface area contributed by atoms with E-state index in [0.29, 0.717) is 0 Å². The lowest BCUT2D eigenvalue weighted by molar-refractivity contribution is 0.198. The minimum absolute atomic E-state index is 1.00. The molecule has 0 N–H and O–H groups in total. The van der Waals surface area contributed by atoms with Crippen molar-refractivity contribution < 1.29 is 4.74 Å². The zero-order valence-electron chi connectivity index (χ0n) is 16.3. The van der Waals surface area contributed by atoms with E-state index in [2.05, 4.69) is 70.8 Å². The third-order valence-corrected chi connectivity index (χ3v) is 6.69. The summed E-state index contributed by atoms with van der Waals surface area (Å²) in [6.45, 7) is 15.4. The van der Waals surface area contributed by atoms with Gasteiger partial charge in [-0.05, 0) is 99.4 Å². The molecule has 0 saturated carbocycles. The molecule has 2 aromatic carbocycles. The first-order valence-corrected chi connectivity index (χ1v) is 9.96. The third kappa shape index (κ3) is 3.22. The van der Waals surface area contributed by atoms with Gasteiger partial charge in [0.05, 0.1) is 0 Å². The topological polar surface area (TPSA) is 9.23 Å². The molecule has 0 atom stereocenters. The van der Waals surface area contributed by atoms with Gasteiger partial charge in [-0.2, -0.15) is 0 Å². The van der Waals surface area contributed by atoms with Crippen molar-refractivity contribution in [2.24, 2.45) is 0 Å². The highest BCUT2D eigenvalue weighted by molar-refractivity contribution is 9.10. The van der Waals surface area contributed by atoms with Crippen molar-refractivity contribution >= 4 is 34.1 Å². The van der Waals surface area contributed by atoms with Crippen molar-refractivity contribution in [3.63, 3.8) is 0 Å². The predicted molar refractivity (Wildman–Crippen MR) is 113 cm³/mol. The quantitative estimate of drug-likeness (QED) is 0.498. The number of ether oxygens (including phenoxy) is 1. The molecule has 25 heavy (non-hydrogen) atoms. The minimum atomic E-state index is 1.00. The minimum Gasteiger partial charge on any atom is -0.381 e. The van der Waals surface area contributed by atoms with Crippen LogP contribution in [0.5, 0.6) is 0 Å². The van der Waals surface area contributed by atoms with Crippen molar-refractivity contribution in [3.05, 3.63) is 43.9 Å². The second-order valence-electron chi connectivity index (χ2n) is 7.34. The lowest BCUT2D eigenvalue weighted by Gasteiger charge is -2.18. The summed E-state index contributed by atoms with van der Waals surface area (Å²) in [6.07, 6.45) is 2.56. The van der Waals surface area contributed by atoms with E-state index in [1.807, 2.05) is 0 Å². The maximum Gasteiger partial charge on any atom is 0.193 e. The molecule has 0 aromatic heterocycles. The van der Waals surface area contributed by atoms with Crippen LogP contribution in [0.15, 0.2) is 10.5 Å². The maximum atomic E-state index is 4.94. The summed E-state index contributed by atoms with van der Waals surface area (Å²) in [5.74, 6) is 0. The van der Waals surface area contributed by atoms with Gasteiger partial charge in [-0.15, -0.1) is 0 Å². The number of fused-ring (bicyclic) bond motifs is 3. The first-order valence-electron chi connectivity index (χ1n) is 9.17. The molecule has 2 heterocycles. The molecule has 3 heteroatoms. The fourth-order valence-electron chi connectivity index (χ4n) is 3.91. The molecule has 2 aliphatic heterocycles. The molecule has 1 radical (unpaired) electrons. The monoisotopic (exact) mass is 397 g/mol. The molecule has 0 spiro atoms. The lowest BCUT2D eigenvalue weighted by Crippen LogP contribution is -2.26. The Labute approximate surface area is 161 Å². The van der Waals surface area contributed by atoms with Crippen molar-refractivity contribution in [1.29, 1.82) is 0 Å². The summed E-state index contributed by atoms with van der Waals surface area (Å²) in [7, 11) is 2.38. The zero-order chi connectivity index (χ0) is 18.3. The molecule has 0 unspecified atom stereocenters. The van der Waals surface area contributed by atoms with E-state index in [4.69, 9.17) is 4.74 Å². The standard InChI is InChI=1S/C18H19BBr.C4H8O/c1-8-7-14(20)13(6)18-15(8)16-11(4)9(2)10(3)12(5)17(16)19-18;1-2-4-5-3-1/h7H,1-6H3;1-4H2. The van der Waals surface area contributed by atoms with Gasteiger partial charge in [0.25, 0.3) is 0 Å². The number of halogens is 1. The zero-order valence-corrected chi connectivity index (χ0v) is 17.9. The highest BCUT2D eigenvalue weighted by atomic mass is 79.9. The van der Waals surface area contributed by atoms with Gasteiger partial charge in [0, 0.05) is 17.7 Å². The molecule has 4 rings (SSSR count). The number of hydrogen-bond donors (Lipinski definition) is 0. The average molecular weight is 398 g/mol. The molecular formula is C22H27BBrO. The van der Waals surface area contributed by atoms with E-state index in [-0.39, 0.29) is 0 Å². The fraction of sp³-hybridized carbons (Fsp3) is 0.455. The van der Waals surface area contributed by atoms with Gasteiger partial charge in [0.15, 0.2) is 7.28 Å². The van der Waals surface area contributed by atoms with Crippen LogP contribution in [0.25, 0.3) is 11.1 Å². The first kappa shape index (κ1) is 18.7. The molecule has 1 nitrogen and oxygen atoms in total. The van der Waals surface area contributed by atoms with Crippen LogP contribution in [0.1, 0.15) is 46.2 Å². The Hall–Kier alpha value is -1.06. The maximum absolute atomic E-state index is 4.94. The van der Waals surface area contributed by atoms with E-state index < -0.39 is 0 Å². The number of benzene rings is 2. The summed E-state index contributed by atoms with van der Waals surface area (Å²) in [6, 6.07) is 2.25. The summed E-state index contributed by atoms with van der Waals surface area (Å²) < 4.78 is 6.15. The van der Waals surface area contributed by atoms with Gasteiger partial charge in [0.1, 0.15) is 0 Å². The molecule has 0 bridgehead atoms. The Morgan fingerprint density at radius 3 is 1.88 bits per heavy atom. The van der Waals surface area contributed by atoms with Crippen LogP contribution < -0.4 is 10.9 Å². The van der Waals surface area contributed by atoms with Gasteiger partial charge < -0.3 is 4.74 Å². The summed E-state index contributed by atoms with van der Waals surface area (Å²) in [4.78, 5) is 0. The van der Waals surface area contributed by atoms with Gasteiger partial charge in [-0.3, -0.25) is 0 Å². The van der Waals surface area contributed by atoms with E-state index in [9.17, 15) is 0 Å². The molecule has 131 valence electrons. The number of hydrogen-bond acceptors (Lipinski definition) is 1. The van der Waals surface area contributed by atoms with E-state index in [0.717, 1.165) is 13.2 Å². The van der Waals surface area contributed by atoms with E-state index in [1.54, 1.807) is 0 Å². The van der Waals surface area contributed by atoms with E-state index >= 15 is 0 Å². The van der Waals surface area contributed by atoms with Crippen LogP contribution in [0.2, 0.25) is 0 Å². The van der Waals surface area contributed by atoms with Gasteiger partial charge in [-0.1, -0.05) is 32.4 Å². The van der Waals surface area contributed by atoms with Crippen LogP contribution in [0.3, 0.4) is 0 Å². The number of aryl methyl sites for hydroxylation is 1. The Balaban J connectivity index is 0.000000314. The van der Waals surface area contributed by atoms with E-state index in [1.165, 1.54) is 72.7 Å². The Bertz CT molecular complexity index is 828. The molecule has 2 aromatic rings. The molecule has 0 aliphatic carbocycles. The summed E-state index contributed by atoms with van der Waals surface area (Å²) >= 11 is 3.69. The Kier molecular flexibility index (Phi) is 5.46. The van der Waals surface area contributed by atoms with Crippen molar-refractivity contribution in [1.82, 2.24) is 0 Å². The van der Waals surface area contributed by atoms with Gasteiger partial charge in [0.2, 0.25) is 0 Å². The first-order chi connectivity index (χ1) is 11.8. The van der Waals surface area contributed by atoms with Crippen LogP contribution >= 0.6 is 15.9 Å². The SMILES string of the molecule is C1CCOC1.Cc1cc(Br)c(C)c2c1-c1c(C)c(C)c(C)c(C)c1[B]2. The molecule has 2 aliphatic rings. The average Bonchev–Trinajstić information content (AvgIpc) is 3.27. The van der Waals surface area contributed by atoms with Crippen LogP contribution in [0, 0.1) is 41.5 Å². The smallest absolute Gasteiger partial charge is 0.193 e. The van der Waals surface area contributed by atoms with Crippen LogP contribution in [-0.4, -0.2) is 20.5 Å². The summed E-state index contributed by atoms with van der Waals surface area (Å²) in [5.41, 5.74) is 14.1. The van der Waals surface area contributed by atoms with Crippen molar-refractivity contribution in [3.8, 4) is 11.1 Å². The lowest BCUT2D eigenvalue weighted by atomic mass is 9.64. The second-order valence-corrected chi connectivity index (χ2v) is 8.20.